The van der Waals surface area contributed by atoms with Crippen molar-refractivity contribution in [1.82, 2.24) is 0 Å². The van der Waals surface area contributed by atoms with Crippen molar-refractivity contribution in [3.05, 3.63) is 225 Å². The quantitative estimate of drug-likeness (QED) is 0.0329. The first-order chi connectivity index (χ1) is 40.5. The van der Waals surface area contributed by atoms with Crippen LogP contribution in [0.2, 0.25) is 0 Å². The second-order valence-corrected chi connectivity index (χ2v) is 20.1. The molecule has 0 bridgehead atoms. The molecule has 8 aromatic rings. The van der Waals surface area contributed by atoms with Crippen LogP contribution in [0, 0.1) is 13.8 Å². The van der Waals surface area contributed by atoms with E-state index >= 15 is 0 Å². The van der Waals surface area contributed by atoms with Crippen LogP contribution < -0.4 is 37.9 Å². The monoisotopic (exact) mass is 1120 g/mol. The van der Waals surface area contributed by atoms with Crippen LogP contribution >= 0.6 is 0 Å². The summed E-state index contributed by atoms with van der Waals surface area (Å²) in [7, 11) is 0. The van der Waals surface area contributed by atoms with Gasteiger partial charge in [-0.3, -0.25) is 9.59 Å². The molecule has 0 unspecified atom stereocenters. The van der Waals surface area contributed by atoms with Crippen LogP contribution in [-0.2, 0) is 38.9 Å². The first-order valence-corrected chi connectivity index (χ1v) is 29.1. The number of ether oxygens (including phenoxy) is 8. The van der Waals surface area contributed by atoms with Crippen molar-refractivity contribution in [3.8, 4) is 57.5 Å². The SMILES string of the molecule is CCCc1c(OCCCOc2cc(OCc3ccccc3)c(C(=O)CO)cc2CC)cccc1Oc1ccccc1C.CCCc1c(OCCCOc2cc(OCc3ccccc3)c(C(C)=O)cc2CC)cccc1Oc1ccccc1C. The van der Waals surface area contributed by atoms with Crippen molar-refractivity contribution in [1.29, 1.82) is 0 Å². The molecule has 83 heavy (non-hydrogen) atoms. The number of aryl methyl sites for hydroxylation is 4. The second-order valence-electron chi connectivity index (χ2n) is 20.1. The number of carbonyl (C=O) groups is 2. The Bertz CT molecular complexity index is 3320. The Labute approximate surface area is 491 Å². The lowest BCUT2D eigenvalue weighted by Gasteiger charge is -2.18. The number of para-hydroxylation sites is 2. The van der Waals surface area contributed by atoms with Crippen LogP contribution in [0.15, 0.2) is 170 Å². The summed E-state index contributed by atoms with van der Waals surface area (Å²) in [5, 5.41) is 9.52. The fourth-order valence-corrected chi connectivity index (χ4v) is 9.29. The zero-order valence-corrected chi connectivity index (χ0v) is 49.3. The predicted octanol–water partition coefficient (Wildman–Crippen LogP) is 16.8. The highest BCUT2D eigenvalue weighted by atomic mass is 16.5. The van der Waals surface area contributed by atoms with E-state index < -0.39 is 6.61 Å². The molecule has 0 spiro atoms. The summed E-state index contributed by atoms with van der Waals surface area (Å²) in [5.41, 5.74) is 9.12. The van der Waals surface area contributed by atoms with E-state index in [9.17, 15) is 14.7 Å². The van der Waals surface area contributed by atoms with Crippen LogP contribution in [0.3, 0.4) is 0 Å². The minimum Gasteiger partial charge on any atom is -0.493 e. The molecule has 11 heteroatoms. The van der Waals surface area contributed by atoms with E-state index in [1.165, 1.54) is 0 Å². The van der Waals surface area contributed by atoms with Crippen molar-refractivity contribution in [3.63, 3.8) is 0 Å². The molecular formula is C72H80O11. The van der Waals surface area contributed by atoms with E-state index in [-0.39, 0.29) is 11.6 Å². The largest absolute Gasteiger partial charge is 0.493 e. The van der Waals surface area contributed by atoms with Crippen molar-refractivity contribution in [2.75, 3.05) is 33.0 Å². The average molecular weight is 1120 g/mol. The van der Waals surface area contributed by atoms with E-state index in [4.69, 9.17) is 37.9 Å². The third-order valence-corrected chi connectivity index (χ3v) is 13.8. The smallest absolute Gasteiger partial charge is 0.191 e. The highest BCUT2D eigenvalue weighted by Crippen LogP contribution is 2.37. The normalized spacial score (nSPS) is 10.7. The molecule has 1 N–H and O–H groups in total. The molecule has 0 aliphatic rings. The van der Waals surface area contributed by atoms with Crippen molar-refractivity contribution < 1.29 is 52.6 Å². The van der Waals surface area contributed by atoms with Gasteiger partial charge in [0.15, 0.2) is 11.6 Å². The van der Waals surface area contributed by atoms with Gasteiger partial charge in [-0.15, -0.1) is 0 Å². The van der Waals surface area contributed by atoms with Crippen molar-refractivity contribution in [2.45, 2.75) is 113 Å². The number of aliphatic hydroxyl groups is 1. The number of benzene rings is 8. The maximum Gasteiger partial charge on any atom is 0.191 e. The molecule has 0 aliphatic heterocycles. The molecule has 0 amide bonds. The lowest BCUT2D eigenvalue weighted by atomic mass is 10.0. The topological polar surface area (TPSA) is 128 Å². The average Bonchev–Trinajstić information content (AvgIpc) is 3.67. The van der Waals surface area contributed by atoms with E-state index in [0.29, 0.717) is 87.3 Å². The number of hydrogen-bond acceptors (Lipinski definition) is 11. The molecule has 0 radical (unpaired) electrons. The van der Waals surface area contributed by atoms with Gasteiger partial charge in [-0.25, -0.2) is 0 Å². The molecular weight excluding hydrogens is 1040 g/mol. The predicted molar refractivity (Wildman–Crippen MR) is 329 cm³/mol. The van der Waals surface area contributed by atoms with Gasteiger partial charge in [0.1, 0.15) is 77.3 Å². The fraction of sp³-hybridized carbons (Fsp3) is 0.306. The number of Topliss-reactive ketones (excluding diaryl/α,β-unsaturated/α-hetero) is 2. The van der Waals surface area contributed by atoms with Gasteiger partial charge in [-0.1, -0.05) is 150 Å². The van der Waals surface area contributed by atoms with Gasteiger partial charge >= 0.3 is 0 Å². The highest BCUT2D eigenvalue weighted by molar-refractivity contribution is 6.00. The van der Waals surface area contributed by atoms with Crippen LogP contribution in [0.25, 0.3) is 0 Å². The summed E-state index contributed by atoms with van der Waals surface area (Å²) in [6.07, 6.45) is 6.45. The molecule has 434 valence electrons. The van der Waals surface area contributed by atoms with E-state index in [2.05, 4.69) is 20.8 Å². The Morgan fingerprint density at radius 1 is 0.398 bits per heavy atom. The highest BCUT2D eigenvalue weighted by Gasteiger charge is 2.20. The Morgan fingerprint density at radius 3 is 1.17 bits per heavy atom. The molecule has 11 nitrogen and oxygen atoms in total. The van der Waals surface area contributed by atoms with Crippen molar-refractivity contribution in [2.24, 2.45) is 0 Å². The minimum atomic E-state index is -0.584. The molecule has 0 aromatic heterocycles. The first-order valence-electron chi connectivity index (χ1n) is 29.1. The van der Waals surface area contributed by atoms with Gasteiger partial charge in [0.05, 0.1) is 37.6 Å². The summed E-state index contributed by atoms with van der Waals surface area (Å²) >= 11 is 0. The second kappa shape index (κ2) is 32.8. The standard InChI is InChI=1S/C36H40O6.C36H40O5/c1-4-13-29-33(18-11-19-34(29)42-32-17-10-9-14-26(32)3)39-20-12-21-40-35-23-36(41-25-27-15-7-6-8-16-27)30(31(38)24-37)22-28(35)5-2;1-5-14-30-33(19-12-20-34(30)41-32-18-11-10-15-26(32)3)38-21-13-22-39-35-24-36(31(27(4)37)23-29(35)6-2)40-25-28-16-8-7-9-17-28/h6-11,14-19,22-23,37H,4-5,12-13,20-21,24-25H2,1-3H3;7-12,15-20,23-24H,5-6,13-14,21-22,25H2,1-4H3. The number of aliphatic hydroxyl groups excluding tert-OH is 1. The van der Waals surface area contributed by atoms with Gasteiger partial charge in [-0.2, -0.15) is 0 Å². The Morgan fingerprint density at radius 2 is 0.771 bits per heavy atom. The molecule has 0 saturated carbocycles. The fourth-order valence-electron chi connectivity index (χ4n) is 9.29. The first kappa shape index (κ1) is 62.1. The molecule has 0 aliphatic carbocycles. The maximum atomic E-state index is 12.5. The van der Waals surface area contributed by atoms with E-state index in [0.717, 1.165) is 117 Å². The summed E-state index contributed by atoms with van der Waals surface area (Å²) in [6, 6.07) is 54.9. The zero-order chi connectivity index (χ0) is 58.8. The van der Waals surface area contributed by atoms with Gasteiger partial charge in [0, 0.05) is 36.1 Å². The lowest BCUT2D eigenvalue weighted by molar-refractivity contribution is 0.0898. The van der Waals surface area contributed by atoms with Gasteiger partial charge < -0.3 is 43.0 Å². The molecule has 0 saturated heterocycles. The Kier molecular flexibility index (Phi) is 24.5. The van der Waals surface area contributed by atoms with Crippen molar-refractivity contribution >= 4 is 11.6 Å². The maximum absolute atomic E-state index is 12.5. The number of rotatable bonds is 31. The lowest BCUT2D eigenvalue weighted by Crippen LogP contribution is -2.11. The number of carbonyl (C=O) groups excluding carboxylic acids is 2. The minimum absolute atomic E-state index is 0.0285. The molecule has 8 aromatic carbocycles. The summed E-state index contributed by atoms with van der Waals surface area (Å²) in [5.74, 6) is 6.92. The van der Waals surface area contributed by atoms with Crippen LogP contribution in [0.5, 0.6) is 57.5 Å². The molecule has 0 heterocycles. The third-order valence-electron chi connectivity index (χ3n) is 13.8. The van der Waals surface area contributed by atoms with E-state index in [1.807, 2.05) is 178 Å². The van der Waals surface area contributed by atoms with Crippen LogP contribution in [-0.4, -0.2) is 49.7 Å². The van der Waals surface area contributed by atoms with Gasteiger partial charge in [0.2, 0.25) is 0 Å². The summed E-state index contributed by atoms with van der Waals surface area (Å²) in [6.45, 7) is 16.0. The van der Waals surface area contributed by atoms with E-state index in [1.54, 1.807) is 19.1 Å². The zero-order valence-electron chi connectivity index (χ0n) is 49.3. The van der Waals surface area contributed by atoms with Crippen LogP contribution in [0.4, 0.5) is 0 Å². The number of ketones is 2. The Balaban J connectivity index is 0.000000239. The summed E-state index contributed by atoms with van der Waals surface area (Å²) < 4.78 is 49.5. The molecule has 8 rings (SSSR count). The molecule has 0 fully saturated rings. The Hall–Kier alpha value is -8.54. The summed E-state index contributed by atoms with van der Waals surface area (Å²) in [4.78, 5) is 24.8. The number of hydrogen-bond donors (Lipinski definition) is 1. The molecule has 0 atom stereocenters. The van der Waals surface area contributed by atoms with Gasteiger partial charge in [-0.05, 0) is 128 Å². The third kappa shape index (κ3) is 18.2. The van der Waals surface area contributed by atoms with Crippen LogP contribution in [0.1, 0.15) is 126 Å². The van der Waals surface area contributed by atoms with Gasteiger partial charge in [0.25, 0.3) is 0 Å².